The van der Waals surface area contributed by atoms with Crippen LogP contribution in [0.15, 0.2) is 82.7 Å². The van der Waals surface area contributed by atoms with Gasteiger partial charge in [0.25, 0.3) is 5.56 Å². The highest BCUT2D eigenvalue weighted by Crippen LogP contribution is 2.30. The van der Waals surface area contributed by atoms with E-state index >= 15 is 0 Å². The Morgan fingerprint density at radius 3 is 2.46 bits per heavy atom. The zero-order valence-electron chi connectivity index (χ0n) is 19.8. The molecule has 0 spiro atoms. The van der Waals surface area contributed by atoms with Crippen LogP contribution in [0.3, 0.4) is 0 Å². The Morgan fingerprint density at radius 2 is 1.77 bits per heavy atom. The predicted molar refractivity (Wildman–Crippen MR) is 139 cm³/mol. The molecule has 35 heavy (non-hydrogen) atoms. The first-order valence-electron chi connectivity index (χ1n) is 11.7. The molecule has 1 aliphatic rings. The summed E-state index contributed by atoms with van der Waals surface area (Å²) >= 11 is 1.31. The van der Waals surface area contributed by atoms with Crippen LogP contribution in [-0.2, 0) is 11.3 Å². The van der Waals surface area contributed by atoms with E-state index in [0.717, 1.165) is 35.4 Å². The van der Waals surface area contributed by atoms with Crippen LogP contribution in [0.5, 0.6) is 5.75 Å². The number of carbonyl (C=O) groups is 1. The Morgan fingerprint density at radius 1 is 1.06 bits per heavy atom. The molecule has 1 heterocycles. The van der Waals surface area contributed by atoms with Gasteiger partial charge >= 0.3 is 0 Å². The van der Waals surface area contributed by atoms with E-state index in [1.54, 1.807) is 17.7 Å². The molecule has 1 amide bonds. The second-order valence-corrected chi connectivity index (χ2v) is 9.72. The average molecular weight is 486 g/mol. The Bertz CT molecular complexity index is 1410. The highest BCUT2D eigenvalue weighted by Gasteiger charge is 2.32. The normalized spacial score (nSPS) is 13.1. The minimum atomic E-state index is -0.133. The van der Waals surface area contributed by atoms with Crippen molar-refractivity contribution < 1.29 is 9.53 Å². The standard InChI is InChI=1S/C28H27N3O3S/c1-19-7-11-22(12-8-19)31-27(33)24-5-3-4-6-25(24)29-28(31)35-18-26(32)30(21-13-14-21)17-20-9-15-23(34-2)16-10-20/h3-12,15-16,21H,13-14,17-18H2,1-2H3. The van der Waals surface area contributed by atoms with E-state index in [9.17, 15) is 9.59 Å². The Kier molecular flexibility index (Phi) is 6.59. The van der Waals surface area contributed by atoms with E-state index in [2.05, 4.69) is 0 Å². The fourth-order valence-corrected chi connectivity index (χ4v) is 4.97. The van der Waals surface area contributed by atoms with Gasteiger partial charge in [0, 0.05) is 12.6 Å². The zero-order valence-corrected chi connectivity index (χ0v) is 20.6. The van der Waals surface area contributed by atoms with Crippen molar-refractivity contribution in [3.05, 3.63) is 94.3 Å². The number of fused-ring (bicyclic) bond motifs is 1. The van der Waals surface area contributed by atoms with Crippen molar-refractivity contribution >= 4 is 28.6 Å². The number of hydrogen-bond donors (Lipinski definition) is 0. The summed E-state index contributed by atoms with van der Waals surface area (Å²) in [7, 11) is 1.64. The van der Waals surface area contributed by atoms with Gasteiger partial charge in [-0.25, -0.2) is 4.98 Å². The molecule has 0 radical (unpaired) electrons. The molecule has 4 aromatic rings. The summed E-state index contributed by atoms with van der Waals surface area (Å²) in [6.07, 6.45) is 2.05. The topological polar surface area (TPSA) is 64.4 Å². The molecule has 3 aromatic carbocycles. The maximum Gasteiger partial charge on any atom is 0.266 e. The molecule has 6 nitrogen and oxygen atoms in total. The van der Waals surface area contributed by atoms with E-state index < -0.39 is 0 Å². The summed E-state index contributed by atoms with van der Waals surface area (Å²) in [4.78, 5) is 33.5. The molecule has 0 unspecified atom stereocenters. The number of carbonyl (C=O) groups excluding carboxylic acids is 1. The number of nitrogens with zero attached hydrogens (tertiary/aromatic N) is 3. The van der Waals surface area contributed by atoms with Crippen molar-refractivity contribution in [1.82, 2.24) is 14.5 Å². The maximum atomic E-state index is 13.4. The first kappa shape index (κ1) is 23.2. The Labute approximate surface area is 208 Å². The minimum absolute atomic E-state index is 0.0474. The van der Waals surface area contributed by atoms with Crippen LogP contribution in [0.1, 0.15) is 24.0 Å². The number of ether oxygens (including phenoxy) is 1. The maximum absolute atomic E-state index is 13.4. The van der Waals surface area contributed by atoms with Gasteiger partial charge < -0.3 is 9.64 Å². The van der Waals surface area contributed by atoms with E-state index in [-0.39, 0.29) is 23.3 Å². The van der Waals surface area contributed by atoms with Crippen molar-refractivity contribution in [3.63, 3.8) is 0 Å². The number of amides is 1. The second-order valence-electron chi connectivity index (χ2n) is 8.78. The molecule has 5 rings (SSSR count). The third-order valence-corrected chi connectivity index (χ3v) is 7.11. The zero-order chi connectivity index (χ0) is 24.4. The fraction of sp³-hybridized carbons (Fsp3) is 0.250. The van der Waals surface area contributed by atoms with Crippen LogP contribution >= 0.6 is 11.8 Å². The number of methoxy groups -OCH3 is 1. The van der Waals surface area contributed by atoms with Crippen LogP contribution in [0.4, 0.5) is 0 Å². The van der Waals surface area contributed by atoms with Crippen LogP contribution in [0, 0.1) is 6.92 Å². The third kappa shape index (κ3) is 5.10. The number of para-hydroxylation sites is 1. The number of aromatic nitrogens is 2. The van der Waals surface area contributed by atoms with Crippen molar-refractivity contribution in [3.8, 4) is 11.4 Å². The number of rotatable bonds is 8. The molecular weight excluding hydrogens is 458 g/mol. The minimum Gasteiger partial charge on any atom is -0.497 e. The molecule has 1 aromatic heterocycles. The van der Waals surface area contributed by atoms with E-state index in [4.69, 9.17) is 9.72 Å². The van der Waals surface area contributed by atoms with Crippen molar-refractivity contribution in [2.45, 2.75) is 37.5 Å². The van der Waals surface area contributed by atoms with Gasteiger partial charge in [-0.1, -0.05) is 53.7 Å². The summed E-state index contributed by atoms with van der Waals surface area (Å²) in [5.74, 6) is 1.06. The van der Waals surface area contributed by atoms with Crippen LogP contribution in [-0.4, -0.2) is 39.3 Å². The molecule has 7 heteroatoms. The molecular formula is C28H27N3O3S. The van der Waals surface area contributed by atoms with Crippen molar-refractivity contribution in [1.29, 1.82) is 0 Å². The Hall–Kier alpha value is -3.58. The Balaban J connectivity index is 1.42. The fourth-order valence-electron chi connectivity index (χ4n) is 4.07. The monoisotopic (exact) mass is 485 g/mol. The molecule has 1 fully saturated rings. The van der Waals surface area contributed by atoms with E-state index in [1.165, 1.54) is 11.8 Å². The lowest BCUT2D eigenvalue weighted by Gasteiger charge is -2.23. The highest BCUT2D eigenvalue weighted by molar-refractivity contribution is 7.99. The first-order valence-corrected chi connectivity index (χ1v) is 12.7. The van der Waals surface area contributed by atoms with Crippen LogP contribution < -0.4 is 10.3 Å². The lowest BCUT2D eigenvalue weighted by atomic mass is 10.2. The summed E-state index contributed by atoms with van der Waals surface area (Å²) < 4.78 is 6.86. The largest absolute Gasteiger partial charge is 0.497 e. The quantitative estimate of drug-likeness (QED) is 0.260. The molecule has 0 aliphatic heterocycles. The van der Waals surface area contributed by atoms with Crippen molar-refractivity contribution in [2.24, 2.45) is 0 Å². The lowest BCUT2D eigenvalue weighted by molar-refractivity contribution is -0.129. The van der Waals surface area contributed by atoms with Gasteiger partial charge in [-0.2, -0.15) is 0 Å². The lowest BCUT2D eigenvalue weighted by Crippen LogP contribution is -2.34. The van der Waals surface area contributed by atoms with Gasteiger partial charge in [0.15, 0.2) is 5.16 Å². The molecule has 0 bridgehead atoms. The molecule has 178 valence electrons. The molecule has 0 N–H and O–H groups in total. The number of aryl methyl sites for hydroxylation is 1. The van der Waals surface area contributed by atoms with Crippen LogP contribution in [0.2, 0.25) is 0 Å². The molecule has 1 saturated carbocycles. The average Bonchev–Trinajstić information content (AvgIpc) is 3.72. The summed E-state index contributed by atoms with van der Waals surface area (Å²) in [6, 6.07) is 23.2. The van der Waals surface area contributed by atoms with Gasteiger partial charge in [-0.15, -0.1) is 0 Å². The molecule has 0 atom stereocenters. The summed E-state index contributed by atoms with van der Waals surface area (Å²) in [5.41, 5.74) is 3.42. The second kappa shape index (κ2) is 9.96. The number of thioether (sulfide) groups is 1. The van der Waals surface area contributed by atoms with E-state index in [0.29, 0.717) is 22.6 Å². The summed E-state index contributed by atoms with van der Waals surface area (Å²) in [5, 5.41) is 1.08. The van der Waals surface area contributed by atoms with E-state index in [1.807, 2.05) is 78.6 Å². The molecule has 1 aliphatic carbocycles. The van der Waals surface area contributed by atoms with Gasteiger partial charge in [0.2, 0.25) is 5.91 Å². The van der Waals surface area contributed by atoms with Gasteiger partial charge in [-0.3, -0.25) is 14.2 Å². The number of hydrogen-bond acceptors (Lipinski definition) is 5. The predicted octanol–water partition coefficient (Wildman–Crippen LogP) is 4.99. The summed E-state index contributed by atoms with van der Waals surface area (Å²) in [6.45, 7) is 2.57. The number of benzene rings is 3. The SMILES string of the molecule is COc1ccc(CN(C(=O)CSc2nc3ccccc3c(=O)n2-c2ccc(C)cc2)C2CC2)cc1. The smallest absolute Gasteiger partial charge is 0.266 e. The highest BCUT2D eigenvalue weighted by atomic mass is 32.2. The van der Waals surface area contributed by atoms with Gasteiger partial charge in [0.05, 0.1) is 29.5 Å². The van der Waals surface area contributed by atoms with Gasteiger partial charge in [-0.05, 0) is 61.7 Å². The molecule has 0 saturated heterocycles. The van der Waals surface area contributed by atoms with Crippen molar-refractivity contribution in [2.75, 3.05) is 12.9 Å². The third-order valence-electron chi connectivity index (χ3n) is 6.18. The van der Waals surface area contributed by atoms with Gasteiger partial charge in [0.1, 0.15) is 5.75 Å². The first-order chi connectivity index (χ1) is 17.0. The van der Waals surface area contributed by atoms with Crippen LogP contribution in [0.25, 0.3) is 16.6 Å².